The van der Waals surface area contributed by atoms with Gasteiger partial charge in [0.1, 0.15) is 0 Å². The molecule has 0 saturated heterocycles. The van der Waals surface area contributed by atoms with E-state index in [4.69, 9.17) is 22.1 Å². The molecule has 0 aliphatic heterocycles. The van der Waals surface area contributed by atoms with Crippen LogP contribution in [0.2, 0.25) is 5.02 Å². The lowest BCUT2D eigenvalue weighted by atomic mass is 10.1. The standard InChI is InChI=1S/C19H21ClN2O3/c1-3-13-4-6-14(7-5-13)11-22(2)18(23)12-25-19(24)15-8-9-16(20)17(21)10-15/h4-10H,3,11-12,21H2,1-2H3. The van der Waals surface area contributed by atoms with Crippen molar-refractivity contribution in [3.63, 3.8) is 0 Å². The first-order chi connectivity index (χ1) is 11.9. The molecule has 25 heavy (non-hydrogen) atoms. The minimum Gasteiger partial charge on any atom is -0.452 e. The summed E-state index contributed by atoms with van der Waals surface area (Å²) in [6.07, 6.45) is 0.972. The van der Waals surface area contributed by atoms with Crippen LogP contribution in [0.25, 0.3) is 0 Å². The zero-order valence-corrected chi connectivity index (χ0v) is 15.0. The lowest BCUT2D eigenvalue weighted by molar-refractivity contribution is -0.133. The summed E-state index contributed by atoms with van der Waals surface area (Å²) < 4.78 is 5.05. The van der Waals surface area contributed by atoms with E-state index in [0.717, 1.165) is 12.0 Å². The molecule has 0 aromatic heterocycles. The van der Waals surface area contributed by atoms with Crippen LogP contribution in [0.5, 0.6) is 0 Å². The summed E-state index contributed by atoms with van der Waals surface area (Å²) in [5, 5.41) is 0.362. The molecule has 0 unspecified atom stereocenters. The van der Waals surface area contributed by atoms with E-state index < -0.39 is 5.97 Å². The number of nitrogens with two attached hydrogens (primary N) is 1. The van der Waals surface area contributed by atoms with E-state index in [1.807, 2.05) is 24.3 Å². The predicted molar refractivity (Wildman–Crippen MR) is 98.4 cm³/mol. The molecule has 0 heterocycles. The maximum atomic E-state index is 12.1. The molecule has 0 radical (unpaired) electrons. The van der Waals surface area contributed by atoms with E-state index in [1.165, 1.54) is 28.7 Å². The fraction of sp³-hybridized carbons (Fsp3) is 0.263. The Bertz CT molecular complexity index is 760. The van der Waals surface area contributed by atoms with Gasteiger partial charge in [-0.25, -0.2) is 4.79 Å². The molecule has 0 aliphatic rings. The number of halogens is 1. The van der Waals surface area contributed by atoms with Crippen molar-refractivity contribution in [2.45, 2.75) is 19.9 Å². The summed E-state index contributed by atoms with van der Waals surface area (Å²) in [6.45, 7) is 2.21. The zero-order chi connectivity index (χ0) is 18.4. The fourth-order valence-corrected chi connectivity index (χ4v) is 2.35. The number of hydrogen-bond donors (Lipinski definition) is 1. The van der Waals surface area contributed by atoms with Gasteiger partial charge in [-0.05, 0) is 35.7 Å². The lowest BCUT2D eigenvalue weighted by Crippen LogP contribution is -2.30. The van der Waals surface area contributed by atoms with Crippen LogP contribution in [0.15, 0.2) is 42.5 Å². The molecule has 2 rings (SSSR count). The Morgan fingerprint density at radius 1 is 1.12 bits per heavy atom. The van der Waals surface area contributed by atoms with Crippen molar-refractivity contribution in [3.05, 3.63) is 64.2 Å². The number of hydrogen-bond acceptors (Lipinski definition) is 4. The summed E-state index contributed by atoms with van der Waals surface area (Å²) in [5.74, 6) is -0.896. The first-order valence-corrected chi connectivity index (χ1v) is 8.32. The molecule has 1 amide bonds. The van der Waals surface area contributed by atoms with Crippen molar-refractivity contribution in [1.82, 2.24) is 4.90 Å². The largest absolute Gasteiger partial charge is 0.452 e. The van der Waals surface area contributed by atoms with Gasteiger partial charge < -0.3 is 15.4 Å². The second kappa shape index (κ2) is 8.53. The second-order valence-corrected chi connectivity index (χ2v) is 6.14. The molecule has 2 aromatic carbocycles. The highest BCUT2D eigenvalue weighted by Gasteiger charge is 2.14. The molecule has 6 heteroatoms. The molecule has 0 saturated carbocycles. The molecule has 0 fully saturated rings. The van der Waals surface area contributed by atoms with Gasteiger partial charge in [-0.2, -0.15) is 0 Å². The number of aryl methyl sites for hydroxylation is 1. The summed E-state index contributed by atoms with van der Waals surface area (Å²) in [7, 11) is 1.67. The third-order valence-electron chi connectivity index (χ3n) is 3.84. The number of rotatable bonds is 6. The second-order valence-electron chi connectivity index (χ2n) is 5.73. The highest BCUT2D eigenvalue weighted by Crippen LogP contribution is 2.19. The Hall–Kier alpha value is -2.53. The molecule has 5 nitrogen and oxygen atoms in total. The average molecular weight is 361 g/mol. The molecule has 0 atom stereocenters. The number of carbonyl (C=O) groups is 2. The van der Waals surface area contributed by atoms with Gasteiger partial charge in [-0.1, -0.05) is 42.8 Å². The van der Waals surface area contributed by atoms with Crippen LogP contribution >= 0.6 is 11.6 Å². The van der Waals surface area contributed by atoms with Crippen molar-refractivity contribution < 1.29 is 14.3 Å². The molecule has 132 valence electrons. The van der Waals surface area contributed by atoms with Crippen LogP contribution in [0, 0.1) is 0 Å². The van der Waals surface area contributed by atoms with Crippen molar-refractivity contribution in [1.29, 1.82) is 0 Å². The highest BCUT2D eigenvalue weighted by molar-refractivity contribution is 6.33. The molecule has 0 aliphatic carbocycles. The van der Waals surface area contributed by atoms with Crippen molar-refractivity contribution in [2.24, 2.45) is 0 Å². The quantitative estimate of drug-likeness (QED) is 0.633. The van der Waals surface area contributed by atoms with Crippen LogP contribution in [0.3, 0.4) is 0 Å². The Morgan fingerprint density at radius 2 is 1.76 bits per heavy atom. The van der Waals surface area contributed by atoms with Gasteiger partial charge in [-0.15, -0.1) is 0 Å². The van der Waals surface area contributed by atoms with E-state index >= 15 is 0 Å². The van der Waals surface area contributed by atoms with Gasteiger partial charge in [0, 0.05) is 13.6 Å². The summed E-state index contributed by atoms with van der Waals surface area (Å²) >= 11 is 5.81. The maximum absolute atomic E-state index is 12.1. The average Bonchev–Trinajstić information content (AvgIpc) is 2.62. The van der Waals surface area contributed by atoms with Gasteiger partial charge in [0.25, 0.3) is 5.91 Å². The number of carbonyl (C=O) groups excluding carboxylic acids is 2. The third-order valence-corrected chi connectivity index (χ3v) is 4.18. The van der Waals surface area contributed by atoms with Crippen LogP contribution in [0.1, 0.15) is 28.4 Å². The first kappa shape index (κ1) is 18.8. The number of benzene rings is 2. The van der Waals surface area contributed by atoms with Crippen molar-refractivity contribution >= 4 is 29.2 Å². The van der Waals surface area contributed by atoms with Crippen LogP contribution in [-0.4, -0.2) is 30.4 Å². The van der Waals surface area contributed by atoms with Gasteiger partial charge in [0.05, 0.1) is 16.3 Å². The van der Waals surface area contributed by atoms with E-state index in [-0.39, 0.29) is 23.8 Å². The normalized spacial score (nSPS) is 10.4. The molecule has 2 aromatic rings. The van der Waals surface area contributed by atoms with E-state index in [0.29, 0.717) is 11.6 Å². The zero-order valence-electron chi connectivity index (χ0n) is 14.3. The van der Waals surface area contributed by atoms with E-state index in [1.54, 1.807) is 7.05 Å². The summed E-state index contributed by atoms with van der Waals surface area (Å²) in [6, 6.07) is 12.5. The van der Waals surface area contributed by atoms with E-state index in [9.17, 15) is 9.59 Å². The number of nitrogens with zero attached hydrogens (tertiary/aromatic N) is 1. The number of nitrogen functional groups attached to an aromatic ring is 1. The highest BCUT2D eigenvalue weighted by atomic mass is 35.5. The SMILES string of the molecule is CCc1ccc(CN(C)C(=O)COC(=O)c2ccc(Cl)c(N)c2)cc1. The predicted octanol–water partition coefficient (Wildman–Crippen LogP) is 3.30. The molecular formula is C19H21ClN2O3. The third kappa shape index (κ3) is 5.22. The van der Waals surface area contributed by atoms with Crippen molar-refractivity contribution in [3.8, 4) is 0 Å². The Labute approximate surface area is 152 Å². The Morgan fingerprint density at radius 3 is 2.36 bits per heavy atom. The lowest BCUT2D eigenvalue weighted by Gasteiger charge is -2.17. The van der Waals surface area contributed by atoms with Gasteiger partial charge in [0.15, 0.2) is 6.61 Å². The Balaban J connectivity index is 1.87. The van der Waals surface area contributed by atoms with E-state index in [2.05, 4.69) is 6.92 Å². The topological polar surface area (TPSA) is 72.6 Å². The monoisotopic (exact) mass is 360 g/mol. The molecule has 2 N–H and O–H groups in total. The van der Waals surface area contributed by atoms with Crippen molar-refractivity contribution in [2.75, 3.05) is 19.4 Å². The maximum Gasteiger partial charge on any atom is 0.338 e. The van der Waals surface area contributed by atoms with Gasteiger partial charge >= 0.3 is 5.97 Å². The molecular weight excluding hydrogens is 340 g/mol. The number of likely N-dealkylation sites (N-methyl/N-ethyl adjacent to an activating group) is 1. The van der Waals surface area contributed by atoms with Crippen LogP contribution in [0.4, 0.5) is 5.69 Å². The number of amides is 1. The number of ether oxygens (including phenoxy) is 1. The minimum absolute atomic E-state index is 0.257. The van der Waals surface area contributed by atoms with Gasteiger partial charge in [0.2, 0.25) is 0 Å². The summed E-state index contributed by atoms with van der Waals surface area (Å²) in [4.78, 5) is 25.6. The van der Waals surface area contributed by atoms with Crippen LogP contribution in [-0.2, 0) is 22.5 Å². The molecule has 0 bridgehead atoms. The summed E-state index contributed by atoms with van der Waals surface area (Å²) in [5.41, 5.74) is 8.46. The fourth-order valence-electron chi connectivity index (χ4n) is 2.23. The smallest absolute Gasteiger partial charge is 0.338 e. The molecule has 0 spiro atoms. The van der Waals surface area contributed by atoms with Gasteiger partial charge in [-0.3, -0.25) is 4.79 Å². The Kier molecular flexibility index (Phi) is 6.42. The number of esters is 1. The minimum atomic E-state index is -0.614. The number of anilines is 1. The first-order valence-electron chi connectivity index (χ1n) is 7.94. The van der Waals surface area contributed by atoms with Crippen LogP contribution < -0.4 is 5.73 Å².